The first kappa shape index (κ1) is 19.3. The van der Waals surface area contributed by atoms with Gasteiger partial charge in [0.1, 0.15) is 0 Å². The zero-order valence-electron chi connectivity index (χ0n) is 16.6. The van der Waals surface area contributed by atoms with Crippen molar-refractivity contribution in [1.29, 1.82) is 0 Å². The Labute approximate surface area is 181 Å². The van der Waals surface area contributed by atoms with E-state index in [-0.39, 0.29) is 17.8 Å². The van der Waals surface area contributed by atoms with Gasteiger partial charge in [-0.2, -0.15) is 4.98 Å². The summed E-state index contributed by atoms with van der Waals surface area (Å²) >= 11 is 0. The van der Waals surface area contributed by atoms with Gasteiger partial charge in [0, 0.05) is 18.7 Å². The average Bonchev–Trinajstić information content (AvgIpc) is 3.51. The topological polar surface area (TPSA) is 68.8 Å². The maximum atomic E-state index is 5.79. The molecule has 30 heavy (non-hydrogen) atoms. The first-order chi connectivity index (χ1) is 14.3. The molecular formula is C23H24ClN5O. The number of imidazole rings is 1. The van der Waals surface area contributed by atoms with E-state index in [1.165, 1.54) is 18.4 Å². The van der Waals surface area contributed by atoms with Crippen molar-refractivity contribution in [2.75, 3.05) is 13.1 Å². The van der Waals surface area contributed by atoms with Crippen molar-refractivity contribution in [2.24, 2.45) is 5.92 Å². The molecule has 4 aromatic rings. The maximum absolute atomic E-state index is 5.79. The van der Waals surface area contributed by atoms with Crippen LogP contribution >= 0.6 is 12.4 Å². The van der Waals surface area contributed by atoms with Crippen LogP contribution < -0.4 is 5.32 Å². The maximum Gasteiger partial charge on any atom is 0.234 e. The largest absolute Gasteiger partial charge is 0.338 e. The van der Waals surface area contributed by atoms with Crippen molar-refractivity contribution < 1.29 is 4.52 Å². The van der Waals surface area contributed by atoms with Crippen LogP contribution in [0.4, 0.5) is 0 Å². The summed E-state index contributed by atoms with van der Waals surface area (Å²) < 4.78 is 7.96. The van der Waals surface area contributed by atoms with Gasteiger partial charge in [-0.3, -0.25) is 0 Å². The Bertz CT molecular complexity index is 1170. The fraction of sp³-hybridized carbons (Fsp3) is 0.348. The number of nitrogens with zero attached hydrogens (tertiary/aromatic N) is 4. The number of rotatable bonds is 4. The molecule has 2 atom stereocenters. The molecule has 1 N–H and O–H groups in total. The highest BCUT2D eigenvalue weighted by atomic mass is 35.5. The molecule has 2 aromatic carbocycles. The predicted molar refractivity (Wildman–Crippen MR) is 118 cm³/mol. The molecule has 1 saturated carbocycles. The lowest BCUT2D eigenvalue weighted by Crippen LogP contribution is -2.31. The molecule has 0 radical (unpaired) electrons. The van der Waals surface area contributed by atoms with Gasteiger partial charge in [-0.1, -0.05) is 41.9 Å². The molecule has 2 aliphatic rings. The van der Waals surface area contributed by atoms with Crippen LogP contribution in [0, 0.1) is 5.92 Å². The quantitative estimate of drug-likeness (QED) is 0.535. The van der Waals surface area contributed by atoms with Crippen molar-refractivity contribution >= 4 is 23.4 Å². The van der Waals surface area contributed by atoms with Gasteiger partial charge >= 0.3 is 0 Å². The van der Waals surface area contributed by atoms with E-state index in [4.69, 9.17) is 9.51 Å². The second-order valence-electron chi connectivity index (χ2n) is 8.36. The standard InChI is InChI=1S/C23H23N5O.ClH/c1-2-9-20-19(8-1)25-15-28(20)13-16-5-3-6-17(11-16)21-26-22(29-27-21)23-10-4-7-18(23)12-24-14-23;/h1-3,5-6,8-9,11,15,18,24H,4,7,10,12-14H2;1H/t18-,23-;/m1./s1. The molecule has 154 valence electrons. The lowest BCUT2D eigenvalue weighted by atomic mass is 9.80. The number of para-hydroxylation sites is 2. The minimum absolute atomic E-state index is 0. The number of hydrogen-bond acceptors (Lipinski definition) is 5. The van der Waals surface area contributed by atoms with Crippen molar-refractivity contribution in [3.05, 3.63) is 66.3 Å². The monoisotopic (exact) mass is 421 g/mol. The Morgan fingerprint density at radius 3 is 3.07 bits per heavy atom. The van der Waals surface area contributed by atoms with Gasteiger partial charge in [0.05, 0.1) is 22.8 Å². The lowest BCUT2D eigenvalue weighted by Gasteiger charge is -2.22. The van der Waals surface area contributed by atoms with Gasteiger partial charge < -0.3 is 14.4 Å². The molecule has 3 heterocycles. The van der Waals surface area contributed by atoms with Crippen LogP contribution in [0.15, 0.2) is 59.4 Å². The summed E-state index contributed by atoms with van der Waals surface area (Å²) in [6.45, 7) is 2.77. The highest BCUT2D eigenvalue weighted by molar-refractivity contribution is 5.85. The summed E-state index contributed by atoms with van der Waals surface area (Å²) in [5.74, 6) is 2.12. The molecule has 0 amide bonds. The van der Waals surface area contributed by atoms with E-state index in [2.05, 4.69) is 50.4 Å². The van der Waals surface area contributed by atoms with Gasteiger partial charge in [0.25, 0.3) is 0 Å². The fourth-order valence-corrected chi connectivity index (χ4v) is 5.19. The number of aromatic nitrogens is 4. The van der Waals surface area contributed by atoms with Gasteiger partial charge in [0.2, 0.25) is 11.7 Å². The minimum Gasteiger partial charge on any atom is -0.338 e. The molecule has 1 aliphatic heterocycles. The molecule has 2 fully saturated rings. The zero-order chi connectivity index (χ0) is 19.3. The number of halogens is 1. The highest BCUT2D eigenvalue weighted by Crippen LogP contribution is 2.47. The van der Waals surface area contributed by atoms with Crippen LogP contribution in [0.2, 0.25) is 0 Å². The third-order valence-electron chi connectivity index (χ3n) is 6.71. The Morgan fingerprint density at radius 2 is 2.10 bits per heavy atom. The summed E-state index contributed by atoms with van der Waals surface area (Å²) in [6.07, 6.45) is 5.54. The Hall–Kier alpha value is -2.70. The van der Waals surface area contributed by atoms with E-state index in [0.29, 0.717) is 11.7 Å². The van der Waals surface area contributed by atoms with Crippen LogP contribution in [0.3, 0.4) is 0 Å². The first-order valence-electron chi connectivity index (χ1n) is 10.4. The fourth-order valence-electron chi connectivity index (χ4n) is 5.19. The van der Waals surface area contributed by atoms with E-state index in [9.17, 15) is 0 Å². The first-order valence-corrected chi connectivity index (χ1v) is 10.4. The van der Waals surface area contributed by atoms with Crippen LogP contribution in [0.25, 0.3) is 22.4 Å². The SMILES string of the molecule is Cl.c1cc(Cn2cnc3ccccc32)cc(-c2noc([C@@]34CCC[C@@H]3CNC4)n2)c1. The van der Waals surface area contributed by atoms with E-state index in [0.717, 1.165) is 48.5 Å². The summed E-state index contributed by atoms with van der Waals surface area (Å²) in [4.78, 5) is 9.34. The van der Waals surface area contributed by atoms with Gasteiger partial charge in [-0.05, 0) is 49.1 Å². The third-order valence-corrected chi connectivity index (χ3v) is 6.71. The molecular weight excluding hydrogens is 398 g/mol. The second-order valence-corrected chi connectivity index (χ2v) is 8.36. The van der Waals surface area contributed by atoms with E-state index < -0.39 is 0 Å². The summed E-state index contributed by atoms with van der Waals surface area (Å²) in [5.41, 5.74) is 4.38. The second kappa shape index (κ2) is 7.52. The van der Waals surface area contributed by atoms with Gasteiger partial charge in [-0.25, -0.2) is 4.98 Å². The van der Waals surface area contributed by atoms with Crippen molar-refractivity contribution in [3.8, 4) is 11.4 Å². The van der Waals surface area contributed by atoms with E-state index in [1.54, 1.807) is 0 Å². The van der Waals surface area contributed by atoms with Crippen molar-refractivity contribution in [1.82, 2.24) is 25.0 Å². The van der Waals surface area contributed by atoms with E-state index >= 15 is 0 Å². The molecule has 6 nitrogen and oxygen atoms in total. The molecule has 1 aliphatic carbocycles. The average molecular weight is 422 g/mol. The highest BCUT2D eigenvalue weighted by Gasteiger charge is 2.51. The Balaban J connectivity index is 0.00000193. The van der Waals surface area contributed by atoms with E-state index in [1.807, 2.05) is 24.5 Å². The molecule has 0 spiro atoms. The Morgan fingerprint density at radius 1 is 1.17 bits per heavy atom. The van der Waals surface area contributed by atoms with Gasteiger partial charge in [-0.15, -0.1) is 12.4 Å². The van der Waals surface area contributed by atoms with Crippen LogP contribution in [-0.2, 0) is 12.0 Å². The van der Waals surface area contributed by atoms with Crippen LogP contribution in [0.5, 0.6) is 0 Å². The third kappa shape index (κ3) is 3.02. The normalized spacial score (nSPS) is 22.9. The van der Waals surface area contributed by atoms with Crippen LogP contribution in [-0.4, -0.2) is 32.8 Å². The zero-order valence-corrected chi connectivity index (χ0v) is 17.4. The molecule has 2 aromatic heterocycles. The number of benzene rings is 2. The molecule has 0 unspecified atom stereocenters. The van der Waals surface area contributed by atoms with Crippen molar-refractivity contribution in [3.63, 3.8) is 0 Å². The minimum atomic E-state index is 0. The molecule has 7 heteroatoms. The van der Waals surface area contributed by atoms with Crippen LogP contribution in [0.1, 0.15) is 30.7 Å². The van der Waals surface area contributed by atoms with Gasteiger partial charge in [0.15, 0.2) is 0 Å². The molecule has 6 rings (SSSR count). The predicted octanol–water partition coefficient (Wildman–Crippen LogP) is 4.20. The van der Waals surface area contributed by atoms with Crippen molar-refractivity contribution in [2.45, 2.75) is 31.2 Å². The number of nitrogens with one attached hydrogen (secondary N) is 1. The molecule has 0 bridgehead atoms. The number of fused-ring (bicyclic) bond motifs is 2. The number of hydrogen-bond donors (Lipinski definition) is 1. The smallest absolute Gasteiger partial charge is 0.234 e. The summed E-state index contributed by atoms with van der Waals surface area (Å²) in [6, 6.07) is 16.6. The summed E-state index contributed by atoms with van der Waals surface area (Å²) in [5, 5.41) is 7.87. The summed E-state index contributed by atoms with van der Waals surface area (Å²) in [7, 11) is 0. The molecule has 1 saturated heterocycles. The lowest BCUT2D eigenvalue weighted by molar-refractivity contribution is 0.265. The Kier molecular flexibility index (Phi) is 4.83.